The summed E-state index contributed by atoms with van der Waals surface area (Å²) in [5.74, 6) is 0. The summed E-state index contributed by atoms with van der Waals surface area (Å²) in [5.41, 5.74) is 2.74. The molecule has 3 heteroatoms. The van der Waals surface area contributed by atoms with Gasteiger partial charge in [-0.25, -0.2) is 0 Å². The number of benzene rings is 1. The molecule has 20 heavy (non-hydrogen) atoms. The van der Waals surface area contributed by atoms with Crippen molar-refractivity contribution in [1.29, 1.82) is 0 Å². The zero-order valence-electron chi connectivity index (χ0n) is 12.7. The number of H-pyrrole nitrogens is 1. The molecule has 0 amide bonds. The van der Waals surface area contributed by atoms with E-state index in [2.05, 4.69) is 49.3 Å². The van der Waals surface area contributed by atoms with E-state index in [1.807, 2.05) is 0 Å². The van der Waals surface area contributed by atoms with E-state index in [-0.39, 0.29) is 0 Å². The number of fused-ring (bicyclic) bond motifs is 1. The van der Waals surface area contributed by atoms with Crippen LogP contribution in [0.4, 0.5) is 0 Å². The molecule has 0 saturated carbocycles. The van der Waals surface area contributed by atoms with Gasteiger partial charge in [-0.05, 0) is 19.4 Å². The van der Waals surface area contributed by atoms with Crippen LogP contribution in [0.15, 0.2) is 30.5 Å². The summed E-state index contributed by atoms with van der Waals surface area (Å²) >= 11 is 0. The first-order valence-electron chi connectivity index (χ1n) is 8.01. The fraction of sp³-hybridized carbons (Fsp3) is 0.529. The summed E-state index contributed by atoms with van der Waals surface area (Å²) in [6, 6.07) is 9.47. The van der Waals surface area contributed by atoms with Crippen LogP contribution in [0.5, 0.6) is 0 Å². The van der Waals surface area contributed by atoms with Crippen LogP contribution in [-0.2, 0) is 6.54 Å². The lowest BCUT2D eigenvalue weighted by Gasteiger charge is -2.32. The zero-order valence-corrected chi connectivity index (χ0v) is 12.7. The van der Waals surface area contributed by atoms with Crippen molar-refractivity contribution < 1.29 is 9.80 Å². The van der Waals surface area contributed by atoms with Gasteiger partial charge in [-0.3, -0.25) is 0 Å². The Labute approximate surface area is 121 Å². The topological polar surface area (TPSA) is 24.7 Å². The number of aromatic amines is 1. The molecule has 1 fully saturated rings. The van der Waals surface area contributed by atoms with E-state index in [0.29, 0.717) is 0 Å². The van der Waals surface area contributed by atoms with Crippen molar-refractivity contribution in [2.45, 2.75) is 32.9 Å². The van der Waals surface area contributed by atoms with Gasteiger partial charge in [0, 0.05) is 22.7 Å². The Bertz CT molecular complexity index is 552. The molecule has 1 atom stereocenters. The molecule has 2 heterocycles. The number of hydrogen-bond acceptors (Lipinski definition) is 0. The van der Waals surface area contributed by atoms with Gasteiger partial charge in [0.2, 0.25) is 0 Å². The van der Waals surface area contributed by atoms with Crippen LogP contribution in [-0.4, -0.2) is 37.2 Å². The molecule has 1 aromatic heterocycles. The highest BCUT2D eigenvalue weighted by Gasteiger charge is 2.26. The van der Waals surface area contributed by atoms with E-state index in [1.165, 1.54) is 49.1 Å². The number of para-hydroxylation sites is 1. The molecule has 0 spiro atoms. The number of aromatic nitrogens is 1. The smallest absolute Gasteiger partial charge is 0.127 e. The van der Waals surface area contributed by atoms with Gasteiger partial charge in [0.05, 0.1) is 6.04 Å². The largest absolute Gasteiger partial charge is 0.361 e. The second-order valence-electron chi connectivity index (χ2n) is 6.25. The maximum Gasteiger partial charge on any atom is 0.127 e. The minimum Gasteiger partial charge on any atom is -0.361 e. The third-order valence-electron chi connectivity index (χ3n) is 5.02. The minimum absolute atomic E-state index is 0.824. The monoisotopic (exact) mass is 273 g/mol. The average molecular weight is 273 g/mol. The third kappa shape index (κ3) is 2.74. The van der Waals surface area contributed by atoms with Crippen molar-refractivity contribution >= 4 is 10.9 Å². The van der Waals surface area contributed by atoms with Gasteiger partial charge < -0.3 is 14.8 Å². The quantitative estimate of drug-likeness (QED) is 0.712. The molecule has 2 aromatic rings. The molecule has 0 unspecified atom stereocenters. The molecule has 3 N–H and O–H groups in total. The maximum atomic E-state index is 3.40. The Morgan fingerprint density at radius 1 is 1.15 bits per heavy atom. The third-order valence-corrected chi connectivity index (χ3v) is 5.02. The van der Waals surface area contributed by atoms with Crippen LogP contribution in [0.1, 0.15) is 25.8 Å². The standard InChI is InChI=1S/C17H25N3/c1-3-14(2)20-10-8-19(9-11-20)13-15-12-18-17-7-5-4-6-16(15)17/h4-7,12,14,18H,3,8-11,13H2,1-2H3/p+2/t14-/m0/s1. The number of nitrogens with one attached hydrogen (secondary N) is 3. The van der Waals surface area contributed by atoms with Crippen LogP contribution in [0.2, 0.25) is 0 Å². The van der Waals surface area contributed by atoms with E-state index in [1.54, 1.807) is 9.80 Å². The Balaban J connectivity index is 1.62. The Hall–Kier alpha value is -1.32. The lowest BCUT2D eigenvalue weighted by molar-refractivity contribution is -1.03. The lowest BCUT2D eigenvalue weighted by Crippen LogP contribution is -3.29. The minimum atomic E-state index is 0.824. The molecule has 1 aliphatic heterocycles. The Kier molecular flexibility index (Phi) is 4.08. The molecule has 3 rings (SSSR count). The first kappa shape index (κ1) is 13.7. The highest BCUT2D eigenvalue weighted by atomic mass is 15.3. The molecule has 1 aromatic carbocycles. The molecule has 1 aliphatic rings. The van der Waals surface area contributed by atoms with Gasteiger partial charge in [0.1, 0.15) is 32.7 Å². The van der Waals surface area contributed by atoms with E-state index < -0.39 is 0 Å². The molecular formula is C17H27N3+2. The predicted molar refractivity (Wildman–Crippen MR) is 83.1 cm³/mol. The second kappa shape index (κ2) is 5.98. The van der Waals surface area contributed by atoms with E-state index >= 15 is 0 Å². The molecular weight excluding hydrogens is 246 g/mol. The summed E-state index contributed by atoms with van der Waals surface area (Å²) in [6.45, 7) is 11.1. The van der Waals surface area contributed by atoms with Crippen molar-refractivity contribution in [1.82, 2.24) is 4.98 Å². The summed E-state index contributed by atoms with van der Waals surface area (Å²) < 4.78 is 0. The maximum absolute atomic E-state index is 3.40. The van der Waals surface area contributed by atoms with E-state index in [4.69, 9.17) is 0 Å². The van der Waals surface area contributed by atoms with Gasteiger partial charge >= 0.3 is 0 Å². The zero-order chi connectivity index (χ0) is 13.9. The average Bonchev–Trinajstić information content (AvgIpc) is 2.91. The van der Waals surface area contributed by atoms with Crippen molar-refractivity contribution in [2.24, 2.45) is 0 Å². The normalized spacial score (nSPS) is 24.9. The number of rotatable bonds is 4. The van der Waals surface area contributed by atoms with Gasteiger partial charge in [-0.15, -0.1) is 0 Å². The Morgan fingerprint density at radius 3 is 2.65 bits per heavy atom. The molecule has 0 radical (unpaired) electrons. The van der Waals surface area contributed by atoms with Gasteiger partial charge in [-0.1, -0.05) is 25.1 Å². The molecule has 3 nitrogen and oxygen atoms in total. The number of quaternary nitrogens is 2. The Morgan fingerprint density at radius 2 is 1.90 bits per heavy atom. The van der Waals surface area contributed by atoms with Gasteiger partial charge in [0.15, 0.2) is 0 Å². The van der Waals surface area contributed by atoms with Crippen LogP contribution in [0.3, 0.4) is 0 Å². The van der Waals surface area contributed by atoms with Crippen LogP contribution >= 0.6 is 0 Å². The first-order chi connectivity index (χ1) is 9.78. The number of hydrogen-bond donors (Lipinski definition) is 3. The van der Waals surface area contributed by atoms with Gasteiger partial charge in [-0.2, -0.15) is 0 Å². The van der Waals surface area contributed by atoms with Crippen molar-refractivity contribution in [3.05, 3.63) is 36.0 Å². The summed E-state index contributed by atoms with van der Waals surface area (Å²) in [5, 5.41) is 1.40. The fourth-order valence-electron chi connectivity index (χ4n) is 3.43. The van der Waals surface area contributed by atoms with E-state index in [9.17, 15) is 0 Å². The molecule has 1 saturated heterocycles. The number of piperazine rings is 1. The second-order valence-corrected chi connectivity index (χ2v) is 6.25. The van der Waals surface area contributed by atoms with E-state index in [0.717, 1.165) is 12.6 Å². The van der Waals surface area contributed by atoms with Crippen LogP contribution < -0.4 is 9.80 Å². The van der Waals surface area contributed by atoms with Crippen LogP contribution in [0, 0.1) is 0 Å². The fourth-order valence-corrected chi connectivity index (χ4v) is 3.43. The lowest BCUT2D eigenvalue weighted by atomic mass is 10.1. The molecule has 108 valence electrons. The summed E-state index contributed by atoms with van der Waals surface area (Å²) in [7, 11) is 0. The highest BCUT2D eigenvalue weighted by molar-refractivity contribution is 5.82. The predicted octanol–water partition coefficient (Wildman–Crippen LogP) is 0.250. The first-order valence-corrected chi connectivity index (χ1v) is 8.01. The van der Waals surface area contributed by atoms with Crippen molar-refractivity contribution in [3.63, 3.8) is 0 Å². The summed E-state index contributed by atoms with van der Waals surface area (Å²) in [6.07, 6.45) is 3.50. The van der Waals surface area contributed by atoms with Gasteiger partial charge in [0.25, 0.3) is 0 Å². The summed E-state index contributed by atoms with van der Waals surface area (Å²) in [4.78, 5) is 6.93. The van der Waals surface area contributed by atoms with Crippen molar-refractivity contribution in [2.75, 3.05) is 26.2 Å². The highest BCUT2D eigenvalue weighted by Crippen LogP contribution is 2.16. The molecule has 0 aliphatic carbocycles. The van der Waals surface area contributed by atoms with Crippen molar-refractivity contribution in [3.8, 4) is 0 Å². The molecule has 0 bridgehead atoms. The van der Waals surface area contributed by atoms with Crippen LogP contribution in [0.25, 0.3) is 10.9 Å². The SMILES string of the molecule is CC[C@H](C)[NH+]1CC[NH+](Cc2c[nH]c3ccccc23)CC1.